The summed E-state index contributed by atoms with van der Waals surface area (Å²) < 4.78 is 13.1. The molecular formula is C9H10FNO3. The van der Waals surface area contributed by atoms with Crippen LogP contribution in [0.2, 0.25) is 0 Å². The van der Waals surface area contributed by atoms with E-state index in [0.717, 1.165) is 6.07 Å². The van der Waals surface area contributed by atoms with Crippen LogP contribution >= 0.6 is 0 Å². The normalized spacial score (nSPS) is 12.4. The first-order valence-corrected chi connectivity index (χ1v) is 3.96. The van der Waals surface area contributed by atoms with Gasteiger partial charge in [-0.3, -0.25) is 4.79 Å². The van der Waals surface area contributed by atoms with Gasteiger partial charge in [-0.1, -0.05) is 6.07 Å². The van der Waals surface area contributed by atoms with Crippen molar-refractivity contribution in [2.45, 2.75) is 12.5 Å². The maximum atomic E-state index is 13.1. The van der Waals surface area contributed by atoms with Gasteiger partial charge in [-0.15, -0.1) is 0 Å². The van der Waals surface area contributed by atoms with Crippen LogP contribution in [0.15, 0.2) is 18.2 Å². The summed E-state index contributed by atoms with van der Waals surface area (Å²) in [6.45, 7) is 0. The Bertz CT molecular complexity index is 354. The van der Waals surface area contributed by atoms with Gasteiger partial charge in [-0.2, -0.15) is 0 Å². The Morgan fingerprint density at radius 2 is 2.21 bits per heavy atom. The van der Waals surface area contributed by atoms with Crippen molar-refractivity contribution < 1.29 is 19.4 Å². The van der Waals surface area contributed by atoms with E-state index in [0.29, 0.717) is 0 Å². The van der Waals surface area contributed by atoms with Crippen LogP contribution < -0.4 is 5.73 Å². The Hall–Kier alpha value is -1.62. The zero-order chi connectivity index (χ0) is 10.7. The maximum absolute atomic E-state index is 13.1. The lowest BCUT2D eigenvalue weighted by Gasteiger charge is -2.10. The quantitative estimate of drug-likeness (QED) is 0.678. The van der Waals surface area contributed by atoms with Crippen molar-refractivity contribution in [3.63, 3.8) is 0 Å². The van der Waals surface area contributed by atoms with Crippen molar-refractivity contribution in [3.8, 4) is 5.75 Å². The minimum absolute atomic E-state index is 0.0881. The highest BCUT2D eigenvalue weighted by molar-refractivity contribution is 5.67. The molecule has 0 aromatic heterocycles. The summed E-state index contributed by atoms with van der Waals surface area (Å²) in [5, 5.41) is 17.3. The van der Waals surface area contributed by atoms with Gasteiger partial charge in [0.15, 0.2) is 0 Å². The van der Waals surface area contributed by atoms with Crippen LogP contribution in [0, 0.1) is 5.82 Å². The van der Waals surface area contributed by atoms with Crippen molar-refractivity contribution in [1.29, 1.82) is 0 Å². The van der Waals surface area contributed by atoms with Gasteiger partial charge >= 0.3 is 5.97 Å². The number of aromatic hydroxyl groups is 1. The van der Waals surface area contributed by atoms with Crippen LogP contribution in [0.3, 0.4) is 0 Å². The third-order valence-corrected chi connectivity index (χ3v) is 1.78. The molecule has 0 aliphatic carbocycles. The number of hydrogen-bond acceptors (Lipinski definition) is 3. The van der Waals surface area contributed by atoms with Crippen LogP contribution in [-0.2, 0) is 4.79 Å². The topological polar surface area (TPSA) is 83.6 Å². The molecule has 1 rings (SSSR count). The molecule has 0 heterocycles. The second-order valence-corrected chi connectivity index (χ2v) is 2.91. The maximum Gasteiger partial charge on any atom is 0.305 e. The average Bonchev–Trinajstić information content (AvgIpc) is 2.01. The smallest absolute Gasteiger partial charge is 0.305 e. The van der Waals surface area contributed by atoms with Crippen LogP contribution in [-0.4, -0.2) is 16.2 Å². The molecule has 0 saturated heterocycles. The number of rotatable bonds is 3. The average molecular weight is 199 g/mol. The summed E-state index contributed by atoms with van der Waals surface area (Å²) in [5.41, 5.74) is 5.53. The summed E-state index contributed by atoms with van der Waals surface area (Å²) >= 11 is 0. The van der Waals surface area contributed by atoms with Gasteiger partial charge in [0.2, 0.25) is 0 Å². The minimum atomic E-state index is -1.09. The monoisotopic (exact) mass is 199 g/mol. The molecule has 4 N–H and O–H groups in total. The molecular weight excluding hydrogens is 189 g/mol. The van der Waals surface area contributed by atoms with E-state index in [4.69, 9.17) is 15.9 Å². The lowest BCUT2D eigenvalue weighted by molar-refractivity contribution is -0.137. The first kappa shape index (κ1) is 10.5. The van der Waals surface area contributed by atoms with E-state index in [1.165, 1.54) is 12.1 Å². The molecule has 4 nitrogen and oxygen atoms in total. The largest absolute Gasteiger partial charge is 0.508 e. The second kappa shape index (κ2) is 4.06. The number of halogens is 1. The van der Waals surface area contributed by atoms with Gasteiger partial charge in [-0.05, 0) is 6.07 Å². The van der Waals surface area contributed by atoms with E-state index in [2.05, 4.69) is 0 Å². The fourth-order valence-corrected chi connectivity index (χ4v) is 1.11. The van der Waals surface area contributed by atoms with E-state index in [-0.39, 0.29) is 17.7 Å². The lowest BCUT2D eigenvalue weighted by atomic mass is 10.0. The second-order valence-electron chi connectivity index (χ2n) is 2.91. The van der Waals surface area contributed by atoms with Crippen LogP contribution in [0.5, 0.6) is 5.75 Å². The van der Waals surface area contributed by atoms with Crippen LogP contribution in [0.1, 0.15) is 18.0 Å². The van der Waals surface area contributed by atoms with Gasteiger partial charge in [-0.25, -0.2) is 4.39 Å². The molecule has 0 radical (unpaired) electrons. The molecule has 0 fully saturated rings. The molecule has 0 spiro atoms. The molecule has 1 atom stereocenters. The molecule has 0 aliphatic rings. The fourth-order valence-electron chi connectivity index (χ4n) is 1.11. The van der Waals surface area contributed by atoms with Gasteiger partial charge in [0, 0.05) is 17.7 Å². The van der Waals surface area contributed by atoms with Crippen molar-refractivity contribution in [1.82, 2.24) is 0 Å². The summed E-state index contributed by atoms with van der Waals surface area (Å²) in [4.78, 5) is 10.3. The van der Waals surface area contributed by atoms with Crippen molar-refractivity contribution in [2.75, 3.05) is 0 Å². The molecule has 1 aromatic carbocycles. The van der Waals surface area contributed by atoms with Crippen LogP contribution in [0.4, 0.5) is 4.39 Å². The molecule has 76 valence electrons. The standard InChI is InChI=1S/C9H10FNO3/c10-7-3-5(12)1-2-6(7)8(11)4-9(13)14/h1-3,8,12H,4,11H2,(H,13,14)/t8-/m0/s1. The Kier molecular flexibility index (Phi) is 3.03. The Morgan fingerprint density at radius 3 is 2.71 bits per heavy atom. The molecule has 0 saturated carbocycles. The number of carboxylic acids is 1. The zero-order valence-electron chi connectivity index (χ0n) is 7.27. The van der Waals surface area contributed by atoms with Gasteiger partial charge in [0.25, 0.3) is 0 Å². The SMILES string of the molecule is N[C@@H](CC(=O)O)c1ccc(O)cc1F. The van der Waals surface area contributed by atoms with E-state index < -0.39 is 17.8 Å². The van der Waals surface area contributed by atoms with Crippen molar-refractivity contribution in [3.05, 3.63) is 29.6 Å². The molecule has 0 unspecified atom stereocenters. The van der Waals surface area contributed by atoms with Gasteiger partial charge < -0.3 is 15.9 Å². The van der Waals surface area contributed by atoms with E-state index >= 15 is 0 Å². The third-order valence-electron chi connectivity index (χ3n) is 1.78. The van der Waals surface area contributed by atoms with Crippen molar-refractivity contribution >= 4 is 5.97 Å². The fraction of sp³-hybridized carbons (Fsp3) is 0.222. The Labute approximate surface area is 79.8 Å². The van der Waals surface area contributed by atoms with E-state index in [1.807, 2.05) is 0 Å². The first-order valence-electron chi connectivity index (χ1n) is 3.96. The number of hydrogen-bond donors (Lipinski definition) is 3. The minimum Gasteiger partial charge on any atom is -0.508 e. The third kappa shape index (κ3) is 2.43. The Morgan fingerprint density at radius 1 is 1.57 bits per heavy atom. The number of phenolic OH excluding ortho intramolecular Hbond substituents is 1. The summed E-state index contributed by atoms with van der Waals surface area (Å²) in [7, 11) is 0. The molecule has 14 heavy (non-hydrogen) atoms. The van der Waals surface area contributed by atoms with E-state index in [9.17, 15) is 9.18 Å². The number of aliphatic carboxylic acids is 1. The number of carbonyl (C=O) groups is 1. The number of benzene rings is 1. The number of nitrogens with two attached hydrogens (primary N) is 1. The highest BCUT2D eigenvalue weighted by Crippen LogP contribution is 2.21. The zero-order valence-corrected chi connectivity index (χ0v) is 7.27. The number of phenols is 1. The predicted molar refractivity (Wildman–Crippen MR) is 47.2 cm³/mol. The molecule has 0 aliphatic heterocycles. The first-order chi connectivity index (χ1) is 6.50. The van der Waals surface area contributed by atoms with E-state index in [1.54, 1.807) is 0 Å². The number of carboxylic acid groups (broad SMARTS) is 1. The van der Waals surface area contributed by atoms with Crippen LogP contribution in [0.25, 0.3) is 0 Å². The summed E-state index contributed by atoms with van der Waals surface area (Å²) in [5.74, 6) is -2.00. The highest BCUT2D eigenvalue weighted by atomic mass is 19.1. The highest BCUT2D eigenvalue weighted by Gasteiger charge is 2.14. The summed E-state index contributed by atoms with van der Waals surface area (Å²) in [6, 6.07) is 2.54. The Balaban J connectivity index is 2.90. The van der Waals surface area contributed by atoms with Crippen molar-refractivity contribution in [2.24, 2.45) is 5.73 Å². The molecule has 5 heteroatoms. The molecule has 0 amide bonds. The lowest BCUT2D eigenvalue weighted by Crippen LogP contribution is -2.16. The van der Waals surface area contributed by atoms with Gasteiger partial charge in [0.1, 0.15) is 11.6 Å². The molecule has 0 bridgehead atoms. The van der Waals surface area contributed by atoms with Gasteiger partial charge in [0.05, 0.1) is 6.42 Å². The summed E-state index contributed by atoms with van der Waals surface area (Å²) in [6.07, 6.45) is -0.346. The predicted octanol–water partition coefficient (Wildman–Crippen LogP) is 1.01. The molecule has 1 aromatic rings.